The zero-order valence-corrected chi connectivity index (χ0v) is 24.0. The van der Waals surface area contributed by atoms with Gasteiger partial charge in [0.25, 0.3) is 11.7 Å². The lowest BCUT2D eigenvalue weighted by Crippen LogP contribution is -2.29. The van der Waals surface area contributed by atoms with E-state index in [1.807, 2.05) is 85.4 Å². The van der Waals surface area contributed by atoms with Crippen molar-refractivity contribution in [2.75, 3.05) is 11.5 Å². The maximum Gasteiger partial charge on any atom is 0.300 e. The van der Waals surface area contributed by atoms with Gasteiger partial charge in [-0.15, -0.1) is 0 Å². The second-order valence-electron chi connectivity index (χ2n) is 11.3. The van der Waals surface area contributed by atoms with Crippen molar-refractivity contribution in [3.8, 4) is 5.75 Å². The lowest BCUT2D eigenvalue weighted by Gasteiger charge is -2.26. The number of rotatable bonds is 6. The molecule has 2 heterocycles. The molecule has 0 aliphatic carbocycles. The van der Waals surface area contributed by atoms with E-state index in [1.54, 1.807) is 6.07 Å². The Kier molecular flexibility index (Phi) is 7.05. The molecule has 0 saturated carbocycles. The van der Waals surface area contributed by atoms with Crippen molar-refractivity contribution in [2.45, 2.75) is 52.5 Å². The number of benzene rings is 3. The van der Waals surface area contributed by atoms with Crippen LogP contribution in [0.1, 0.15) is 62.9 Å². The normalized spacial score (nSPS) is 17.1. The molecular weight excluding hydrogens is 500 g/mol. The number of anilines is 1. The number of carbonyl (C=O) groups excluding carboxylic acids is 2. The smallest absolute Gasteiger partial charge is 0.300 e. The Morgan fingerprint density at radius 1 is 0.975 bits per heavy atom. The predicted octanol–water partition coefficient (Wildman–Crippen LogP) is 7.06. The van der Waals surface area contributed by atoms with E-state index in [4.69, 9.17) is 4.74 Å². The van der Waals surface area contributed by atoms with Gasteiger partial charge in [0.1, 0.15) is 11.5 Å². The van der Waals surface area contributed by atoms with Gasteiger partial charge in [-0.2, -0.15) is 0 Å². The van der Waals surface area contributed by atoms with E-state index in [-0.39, 0.29) is 16.7 Å². The summed E-state index contributed by atoms with van der Waals surface area (Å²) in [6.07, 6.45) is 2.81. The molecule has 0 spiro atoms. The lowest BCUT2D eigenvalue weighted by atomic mass is 9.84. The highest BCUT2D eigenvalue weighted by molar-refractivity contribution is 6.51. The number of aromatic nitrogens is 1. The highest BCUT2D eigenvalue weighted by atomic mass is 16.5. The molecule has 206 valence electrons. The fraction of sp³-hybridized carbons (Fsp3) is 0.294. The van der Waals surface area contributed by atoms with Crippen LogP contribution in [0.5, 0.6) is 5.75 Å². The van der Waals surface area contributed by atoms with Crippen LogP contribution in [0.3, 0.4) is 0 Å². The predicted molar refractivity (Wildman–Crippen MR) is 160 cm³/mol. The summed E-state index contributed by atoms with van der Waals surface area (Å²) in [5.41, 5.74) is 4.67. The maximum absolute atomic E-state index is 13.8. The van der Waals surface area contributed by atoms with Gasteiger partial charge in [0.15, 0.2) is 0 Å². The second kappa shape index (κ2) is 10.3. The number of hydrogen-bond donors (Lipinski definition) is 1. The third-order valence-corrected chi connectivity index (χ3v) is 7.65. The molecule has 40 heavy (non-hydrogen) atoms. The van der Waals surface area contributed by atoms with E-state index in [9.17, 15) is 14.7 Å². The zero-order valence-electron chi connectivity index (χ0n) is 24.0. The molecule has 0 bridgehead atoms. The summed E-state index contributed by atoms with van der Waals surface area (Å²) in [6.45, 7) is 10.7. The van der Waals surface area contributed by atoms with Gasteiger partial charge in [-0.3, -0.25) is 14.5 Å². The van der Waals surface area contributed by atoms with Crippen LogP contribution in [0.25, 0.3) is 16.7 Å². The van der Waals surface area contributed by atoms with Crippen LogP contribution in [-0.2, 0) is 28.5 Å². The zero-order chi connectivity index (χ0) is 28.8. The summed E-state index contributed by atoms with van der Waals surface area (Å²) in [5.74, 6) is -0.835. The molecule has 1 saturated heterocycles. The summed E-state index contributed by atoms with van der Waals surface area (Å²) in [4.78, 5) is 29.0. The van der Waals surface area contributed by atoms with Crippen LogP contribution in [0, 0.1) is 0 Å². The third kappa shape index (κ3) is 4.57. The highest BCUT2D eigenvalue weighted by Gasteiger charge is 2.48. The minimum absolute atomic E-state index is 0.0740. The van der Waals surface area contributed by atoms with Gasteiger partial charge in [0.2, 0.25) is 0 Å². The van der Waals surface area contributed by atoms with Crippen LogP contribution in [-0.4, -0.2) is 28.0 Å². The number of carbonyl (C=O) groups is 2. The van der Waals surface area contributed by atoms with Gasteiger partial charge in [-0.1, -0.05) is 58.0 Å². The Morgan fingerprint density at radius 3 is 2.33 bits per heavy atom. The van der Waals surface area contributed by atoms with Gasteiger partial charge < -0.3 is 14.4 Å². The number of Topliss-reactive ketones (excluding diaryl/α,β-unsaturated/α-hetero) is 1. The number of ketones is 1. The molecule has 1 aliphatic rings. The molecule has 1 fully saturated rings. The van der Waals surface area contributed by atoms with Crippen LogP contribution < -0.4 is 9.64 Å². The van der Waals surface area contributed by atoms with E-state index in [0.717, 1.165) is 39.8 Å². The third-order valence-electron chi connectivity index (χ3n) is 7.65. The van der Waals surface area contributed by atoms with Gasteiger partial charge in [-0.05, 0) is 60.7 Å². The summed E-state index contributed by atoms with van der Waals surface area (Å²) in [7, 11) is 1.94. The molecule has 5 rings (SSSR count). The molecule has 1 N–H and O–H groups in total. The van der Waals surface area contributed by atoms with Crippen molar-refractivity contribution in [1.29, 1.82) is 0 Å². The molecular formula is C34H36N2O4. The van der Waals surface area contributed by atoms with Crippen LogP contribution in [0.2, 0.25) is 0 Å². The first-order valence-corrected chi connectivity index (χ1v) is 13.8. The molecule has 4 aromatic rings. The molecule has 1 amide bonds. The number of fused-ring (bicyclic) bond motifs is 1. The standard InChI is InChI=1S/C34H36N2O4/c1-7-21-13-16-23(17-14-21)36-30(25-20-35(6)27-12-10-9-11-24(25)27)29(32(38)33(36)39)31(37)22-15-18-28(40-8-2)26(19-22)34(3,4)5/h9-20,30,37H,7-8H2,1-6H3/b31-29+. The van der Waals surface area contributed by atoms with Crippen molar-refractivity contribution in [3.05, 3.63) is 101 Å². The van der Waals surface area contributed by atoms with Crippen LogP contribution >= 0.6 is 0 Å². The van der Waals surface area contributed by atoms with Crippen molar-refractivity contribution in [1.82, 2.24) is 4.57 Å². The Morgan fingerprint density at radius 2 is 1.68 bits per heavy atom. The Balaban J connectivity index is 1.77. The summed E-state index contributed by atoms with van der Waals surface area (Å²) >= 11 is 0. The van der Waals surface area contributed by atoms with E-state index >= 15 is 0 Å². The second-order valence-corrected chi connectivity index (χ2v) is 11.3. The van der Waals surface area contributed by atoms with Crippen LogP contribution in [0.15, 0.2) is 78.5 Å². The Hall–Kier alpha value is -4.32. The number of aliphatic hydroxyl groups excluding tert-OH is 1. The first-order chi connectivity index (χ1) is 19.1. The molecule has 6 heteroatoms. The van der Waals surface area contributed by atoms with E-state index in [1.165, 1.54) is 4.90 Å². The molecule has 0 radical (unpaired) electrons. The van der Waals surface area contributed by atoms with Crippen LogP contribution in [0.4, 0.5) is 5.69 Å². The Bertz CT molecular complexity index is 1640. The molecule has 3 aromatic carbocycles. The Labute approximate surface area is 235 Å². The number of nitrogens with zero attached hydrogens (tertiary/aromatic N) is 2. The average Bonchev–Trinajstić information content (AvgIpc) is 3.41. The molecule has 1 unspecified atom stereocenters. The number of para-hydroxylation sites is 1. The fourth-order valence-electron chi connectivity index (χ4n) is 5.58. The maximum atomic E-state index is 13.8. The van der Waals surface area contributed by atoms with Gasteiger partial charge in [-0.25, -0.2) is 0 Å². The van der Waals surface area contributed by atoms with E-state index < -0.39 is 17.7 Å². The molecule has 1 atom stereocenters. The molecule has 1 aromatic heterocycles. The van der Waals surface area contributed by atoms with Gasteiger partial charge in [0.05, 0.1) is 18.2 Å². The summed E-state index contributed by atoms with van der Waals surface area (Å²) in [6, 6.07) is 20.2. The quantitative estimate of drug-likeness (QED) is 0.163. The fourth-order valence-corrected chi connectivity index (χ4v) is 5.58. The molecule has 6 nitrogen and oxygen atoms in total. The van der Waals surface area contributed by atoms with E-state index in [2.05, 4.69) is 27.7 Å². The molecule has 1 aliphatic heterocycles. The largest absolute Gasteiger partial charge is 0.507 e. The number of aryl methyl sites for hydroxylation is 2. The van der Waals surface area contributed by atoms with Gasteiger partial charge in [0, 0.05) is 46.5 Å². The number of amides is 1. The summed E-state index contributed by atoms with van der Waals surface area (Å²) in [5, 5.41) is 12.7. The van der Waals surface area contributed by atoms with Crippen molar-refractivity contribution in [2.24, 2.45) is 7.05 Å². The summed E-state index contributed by atoms with van der Waals surface area (Å²) < 4.78 is 7.85. The first kappa shape index (κ1) is 27.3. The van der Waals surface area contributed by atoms with Crippen molar-refractivity contribution < 1.29 is 19.4 Å². The number of aliphatic hydroxyl groups is 1. The van der Waals surface area contributed by atoms with E-state index in [0.29, 0.717) is 17.9 Å². The monoisotopic (exact) mass is 536 g/mol. The highest BCUT2D eigenvalue weighted by Crippen LogP contribution is 2.45. The average molecular weight is 537 g/mol. The number of ether oxygens (including phenoxy) is 1. The minimum atomic E-state index is -0.803. The topological polar surface area (TPSA) is 71.8 Å². The lowest BCUT2D eigenvalue weighted by molar-refractivity contribution is -0.132. The first-order valence-electron chi connectivity index (χ1n) is 13.8. The van der Waals surface area contributed by atoms with Crippen molar-refractivity contribution in [3.63, 3.8) is 0 Å². The SMILES string of the molecule is CCOc1ccc(/C(O)=C2\C(=O)C(=O)N(c3ccc(CC)cc3)C2c2cn(C)c3ccccc23)cc1C(C)(C)C. The van der Waals surface area contributed by atoms with Gasteiger partial charge >= 0.3 is 0 Å². The van der Waals surface area contributed by atoms with Crippen molar-refractivity contribution >= 4 is 34.0 Å². The minimum Gasteiger partial charge on any atom is -0.507 e. The number of hydrogen-bond acceptors (Lipinski definition) is 4.